The maximum absolute atomic E-state index is 13.0. The van der Waals surface area contributed by atoms with Gasteiger partial charge in [0.15, 0.2) is 5.78 Å². The molecule has 0 atom stereocenters. The molecule has 1 aliphatic rings. The Kier molecular flexibility index (Phi) is 4.81. The molecule has 0 radical (unpaired) electrons. The van der Waals surface area contributed by atoms with Crippen LogP contribution in [0.5, 0.6) is 11.6 Å². The van der Waals surface area contributed by atoms with Gasteiger partial charge in [0.1, 0.15) is 17.4 Å². The van der Waals surface area contributed by atoms with Crippen LogP contribution in [0.15, 0.2) is 29.1 Å². The molecule has 0 bridgehead atoms. The number of rotatable bonds is 4. The summed E-state index contributed by atoms with van der Waals surface area (Å²) in [6, 6.07) is 8.21. The zero-order valence-electron chi connectivity index (χ0n) is 14.8. The van der Waals surface area contributed by atoms with Crippen molar-refractivity contribution in [2.24, 2.45) is 0 Å². The summed E-state index contributed by atoms with van der Waals surface area (Å²) in [5.41, 5.74) is -0.0414. The highest BCUT2D eigenvalue weighted by Crippen LogP contribution is 2.34. The van der Waals surface area contributed by atoms with E-state index in [1.807, 2.05) is 6.07 Å². The number of aromatic hydroxyl groups is 1. The monoisotopic (exact) mass is 352 g/mol. The minimum atomic E-state index is -0.527. The largest absolute Gasteiger partial charge is 0.497 e. The number of pyridine rings is 1. The SMILES string of the molecule is COc1ccc(C(=O)c2c(C)c(C#N)c(=O)n(C3CCCC3)c2O)cc1. The van der Waals surface area contributed by atoms with E-state index in [4.69, 9.17) is 4.74 Å². The number of methoxy groups -OCH3 is 1. The molecule has 1 aromatic carbocycles. The Morgan fingerprint density at radius 1 is 1.27 bits per heavy atom. The number of carbonyl (C=O) groups is 1. The van der Waals surface area contributed by atoms with Crippen molar-refractivity contribution in [3.63, 3.8) is 0 Å². The summed E-state index contributed by atoms with van der Waals surface area (Å²) in [6.45, 7) is 1.52. The molecule has 6 nitrogen and oxygen atoms in total. The van der Waals surface area contributed by atoms with Crippen LogP contribution in [0.2, 0.25) is 0 Å². The number of benzene rings is 1. The van der Waals surface area contributed by atoms with Crippen molar-refractivity contribution in [3.8, 4) is 17.7 Å². The minimum Gasteiger partial charge on any atom is -0.497 e. The standard InChI is InChI=1S/C20H20N2O4/c1-12-16(11-21)19(24)22(14-5-3-4-6-14)20(25)17(12)18(23)13-7-9-15(26-2)10-8-13/h7-10,14,25H,3-6H2,1-2H3. The average molecular weight is 352 g/mol. The van der Waals surface area contributed by atoms with Gasteiger partial charge in [-0.3, -0.25) is 14.2 Å². The molecule has 1 aliphatic carbocycles. The van der Waals surface area contributed by atoms with Crippen molar-refractivity contribution in [1.29, 1.82) is 5.26 Å². The Morgan fingerprint density at radius 2 is 1.88 bits per heavy atom. The van der Waals surface area contributed by atoms with Gasteiger partial charge in [-0.25, -0.2) is 0 Å². The van der Waals surface area contributed by atoms with Gasteiger partial charge >= 0.3 is 0 Å². The fourth-order valence-electron chi connectivity index (χ4n) is 3.58. The summed E-state index contributed by atoms with van der Waals surface area (Å²) < 4.78 is 6.32. The highest BCUT2D eigenvalue weighted by Gasteiger charge is 2.29. The van der Waals surface area contributed by atoms with Crippen molar-refractivity contribution in [2.75, 3.05) is 7.11 Å². The molecular weight excluding hydrogens is 332 g/mol. The molecule has 0 spiro atoms. The minimum absolute atomic E-state index is 0.0122. The van der Waals surface area contributed by atoms with E-state index in [0.717, 1.165) is 25.7 Å². The van der Waals surface area contributed by atoms with Gasteiger partial charge in [0, 0.05) is 11.6 Å². The molecule has 0 saturated heterocycles. The molecule has 0 aliphatic heterocycles. The molecule has 0 amide bonds. The van der Waals surface area contributed by atoms with E-state index in [0.29, 0.717) is 11.3 Å². The maximum atomic E-state index is 13.0. The summed E-state index contributed by atoms with van der Waals surface area (Å²) in [6.07, 6.45) is 3.40. The predicted molar refractivity (Wildman–Crippen MR) is 95.8 cm³/mol. The topological polar surface area (TPSA) is 92.3 Å². The smallest absolute Gasteiger partial charge is 0.271 e. The molecule has 1 saturated carbocycles. The molecular formula is C20H20N2O4. The maximum Gasteiger partial charge on any atom is 0.271 e. The first-order chi connectivity index (χ1) is 12.5. The van der Waals surface area contributed by atoms with Crippen LogP contribution in [0.4, 0.5) is 0 Å². The van der Waals surface area contributed by atoms with Gasteiger partial charge in [-0.05, 0) is 49.6 Å². The molecule has 1 aromatic heterocycles. The van der Waals surface area contributed by atoms with Gasteiger partial charge in [0.25, 0.3) is 5.56 Å². The normalized spacial score (nSPS) is 14.2. The molecule has 2 aromatic rings. The van der Waals surface area contributed by atoms with Gasteiger partial charge in [-0.2, -0.15) is 5.26 Å². The van der Waals surface area contributed by atoms with Crippen LogP contribution in [0.3, 0.4) is 0 Å². The quantitative estimate of drug-likeness (QED) is 0.854. The number of ketones is 1. The number of hydrogen-bond donors (Lipinski definition) is 1. The fraction of sp³-hybridized carbons (Fsp3) is 0.350. The first kappa shape index (κ1) is 17.7. The van der Waals surface area contributed by atoms with E-state index in [1.54, 1.807) is 24.3 Å². The number of nitriles is 1. The van der Waals surface area contributed by atoms with Gasteiger partial charge in [0.2, 0.25) is 5.88 Å². The van der Waals surface area contributed by atoms with Crippen molar-refractivity contribution in [2.45, 2.75) is 38.6 Å². The van der Waals surface area contributed by atoms with Gasteiger partial charge < -0.3 is 9.84 Å². The number of ether oxygens (including phenoxy) is 1. The van der Waals surface area contributed by atoms with Crippen molar-refractivity contribution < 1.29 is 14.6 Å². The summed E-state index contributed by atoms with van der Waals surface area (Å²) in [5.74, 6) is -0.166. The number of carbonyl (C=O) groups excluding carboxylic acids is 1. The predicted octanol–water partition coefficient (Wildman–Crippen LogP) is 3.09. The summed E-state index contributed by atoms with van der Waals surface area (Å²) in [5, 5.41) is 20.2. The van der Waals surface area contributed by atoms with E-state index >= 15 is 0 Å². The van der Waals surface area contributed by atoms with Crippen molar-refractivity contribution in [3.05, 3.63) is 56.9 Å². The molecule has 6 heteroatoms. The van der Waals surface area contributed by atoms with Gasteiger partial charge in [-0.15, -0.1) is 0 Å². The Bertz CT molecular complexity index is 946. The lowest BCUT2D eigenvalue weighted by atomic mass is 9.96. The summed E-state index contributed by atoms with van der Waals surface area (Å²) >= 11 is 0. The van der Waals surface area contributed by atoms with Crippen LogP contribution in [0, 0.1) is 18.3 Å². The van der Waals surface area contributed by atoms with Crippen molar-refractivity contribution in [1.82, 2.24) is 4.57 Å². The Morgan fingerprint density at radius 3 is 2.42 bits per heavy atom. The van der Waals surface area contributed by atoms with Crippen LogP contribution in [-0.2, 0) is 0 Å². The third-order valence-electron chi connectivity index (χ3n) is 5.02. The molecule has 1 fully saturated rings. The first-order valence-corrected chi connectivity index (χ1v) is 8.56. The third-order valence-corrected chi connectivity index (χ3v) is 5.02. The number of aromatic nitrogens is 1. The third kappa shape index (κ3) is 2.86. The second-order valence-corrected chi connectivity index (χ2v) is 6.48. The molecule has 3 rings (SSSR count). The fourth-order valence-corrected chi connectivity index (χ4v) is 3.58. The van der Waals surface area contributed by atoms with Crippen molar-refractivity contribution >= 4 is 5.78 Å². The second-order valence-electron chi connectivity index (χ2n) is 6.48. The van der Waals surface area contributed by atoms with Gasteiger partial charge in [-0.1, -0.05) is 12.8 Å². The Labute approximate surface area is 151 Å². The lowest BCUT2D eigenvalue weighted by Crippen LogP contribution is -2.29. The molecule has 0 unspecified atom stereocenters. The zero-order valence-corrected chi connectivity index (χ0v) is 14.8. The Hall–Kier alpha value is -3.07. The first-order valence-electron chi connectivity index (χ1n) is 8.56. The van der Waals surface area contributed by atoms with Crippen LogP contribution >= 0.6 is 0 Å². The lowest BCUT2D eigenvalue weighted by Gasteiger charge is -2.20. The zero-order chi connectivity index (χ0) is 18.8. The summed E-state index contributed by atoms with van der Waals surface area (Å²) in [7, 11) is 1.53. The van der Waals surface area contributed by atoms with E-state index in [9.17, 15) is 20.0 Å². The Balaban J connectivity index is 2.19. The molecule has 1 N–H and O–H groups in total. The van der Waals surface area contributed by atoms with Crippen LogP contribution in [0.1, 0.15) is 58.8 Å². The van der Waals surface area contributed by atoms with E-state index in [2.05, 4.69) is 0 Å². The molecule has 134 valence electrons. The highest BCUT2D eigenvalue weighted by molar-refractivity contribution is 6.11. The number of nitrogens with zero attached hydrogens (tertiary/aromatic N) is 2. The summed E-state index contributed by atoms with van der Waals surface area (Å²) in [4.78, 5) is 25.7. The van der Waals surface area contributed by atoms with Gasteiger partial charge in [0.05, 0.1) is 12.7 Å². The molecule has 1 heterocycles. The second kappa shape index (κ2) is 7.04. The lowest BCUT2D eigenvalue weighted by molar-refractivity contribution is 0.103. The van der Waals surface area contributed by atoms with E-state index in [-0.39, 0.29) is 28.6 Å². The van der Waals surface area contributed by atoms with E-state index in [1.165, 1.54) is 18.6 Å². The van der Waals surface area contributed by atoms with Crippen LogP contribution in [-0.4, -0.2) is 22.6 Å². The van der Waals surface area contributed by atoms with Crippen LogP contribution < -0.4 is 10.3 Å². The van der Waals surface area contributed by atoms with E-state index < -0.39 is 11.3 Å². The highest BCUT2D eigenvalue weighted by atomic mass is 16.5. The number of hydrogen-bond acceptors (Lipinski definition) is 5. The average Bonchev–Trinajstić information content (AvgIpc) is 3.16. The molecule has 26 heavy (non-hydrogen) atoms. The van der Waals surface area contributed by atoms with Crippen LogP contribution in [0.25, 0.3) is 0 Å².